The molecule has 0 fully saturated rings. The number of fused-ring (bicyclic) bond motifs is 11. The van der Waals surface area contributed by atoms with Crippen LogP contribution >= 0.6 is 0 Å². The second-order valence-corrected chi connectivity index (χ2v) is 14.4. The molecule has 0 atom stereocenters. The molecule has 12 aromatic rings. The van der Waals surface area contributed by atoms with Crippen molar-refractivity contribution >= 4 is 93.5 Å². The highest BCUT2D eigenvalue weighted by atomic mass is 16.3. The van der Waals surface area contributed by atoms with Gasteiger partial charge < -0.3 is 18.3 Å². The van der Waals surface area contributed by atoms with Gasteiger partial charge in [0.05, 0.1) is 11.0 Å². The Morgan fingerprint density at radius 1 is 0.393 bits per heavy atom. The van der Waals surface area contributed by atoms with Gasteiger partial charge in [-0.2, -0.15) is 0 Å². The van der Waals surface area contributed by atoms with Crippen molar-refractivity contribution in [1.82, 2.24) is 9.55 Å². The second-order valence-electron chi connectivity index (χ2n) is 14.4. The van der Waals surface area contributed by atoms with Gasteiger partial charge in [0.25, 0.3) is 0 Å². The Labute approximate surface area is 320 Å². The first-order valence-corrected chi connectivity index (χ1v) is 18.9. The number of benzene rings is 9. The Morgan fingerprint density at radius 2 is 1.02 bits per heavy atom. The van der Waals surface area contributed by atoms with E-state index in [1.165, 1.54) is 16.3 Å². The summed E-state index contributed by atoms with van der Waals surface area (Å²) in [4.78, 5) is 7.34. The quantitative estimate of drug-likeness (QED) is 0.166. The third kappa shape index (κ3) is 4.64. The molecule has 0 bridgehead atoms. The Kier molecular flexibility index (Phi) is 6.56. The molecule has 5 heteroatoms. The largest absolute Gasteiger partial charge is 0.456 e. The fraction of sp³-hybridized carbons (Fsp3) is 0. The van der Waals surface area contributed by atoms with E-state index in [1.54, 1.807) is 0 Å². The fourth-order valence-corrected chi connectivity index (χ4v) is 8.62. The highest BCUT2D eigenvalue weighted by molar-refractivity contribution is 6.16. The van der Waals surface area contributed by atoms with Crippen molar-refractivity contribution < 1.29 is 8.83 Å². The molecule has 0 aliphatic carbocycles. The zero-order valence-electron chi connectivity index (χ0n) is 30.1. The van der Waals surface area contributed by atoms with E-state index in [2.05, 4.69) is 149 Å². The summed E-state index contributed by atoms with van der Waals surface area (Å²) in [5, 5.41) is 9.13. The molecule has 0 saturated heterocycles. The summed E-state index contributed by atoms with van der Waals surface area (Å²) < 4.78 is 14.9. The van der Waals surface area contributed by atoms with Gasteiger partial charge in [0.1, 0.15) is 16.7 Å². The summed E-state index contributed by atoms with van der Waals surface area (Å²) in [6.07, 6.45) is 0. The van der Waals surface area contributed by atoms with Gasteiger partial charge in [-0.15, -0.1) is 0 Å². The smallest absolute Gasteiger partial charge is 0.227 e. The van der Waals surface area contributed by atoms with Gasteiger partial charge in [0.2, 0.25) is 5.89 Å². The van der Waals surface area contributed by atoms with Crippen molar-refractivity contribution in [2.45, 2.75) is 0 Å². The number of rotatable bonds is 5. The first-order valence-electron chi connectivity index (χ1n) is 18.9. The van der Waals surface area contributed by atoms with E-state index < -0.39 is 0 Å². The van der Waals surface area contributed by atoms with Crippen LogP contribution in [0.15, 0.2) is 197 Å². The first kappa shape index (κ1) is 30.8. The molecule has 0 N–H and O–H groups in total. The van der Waals surface area contributed by atoms with Crippen LogP contribution in [-0.4, -0.2) is 9.55 Å². The molecule has 3 aromatic heterocycles. The van der Waals surface area contributed by atoms with Crippen molar-refractivity contribution in [3.63, 3.8) is 0 Å². The van der Waals surface area contributed by atoms with Gasteiger partial charge >= 0.3 is 0 Å². The molecule has 0 saturated carbocycles. The summed E-state index contributed by atoms with van der Waals surface area (Å²) in [5.41, 5.74) is 11.0. The van der Waals surface area contributed by atoms with Crippen LogP contribution < -0.4 is 4.90 Å². The molecule has 0 aliphatic rings. The minimum absolute atomic E-state index is 0.629. The summed E-state index contributed by atoms with van der Waals surface area (Å²) in [6.45, 7) is 0. The van der Waals surface area contributed by atoms with E-state index in [4.69, 9.17) is 13.8 Å². The number of para-hydroxylation sites is 3. The van der Waals surface area contributed by atoms with Crippen molar-refractivity contribution in [1.29, 1.82) is 0 Å². The van der Waals surface area contributed by atoms with Crippen LogP contribution in [0.2, 0.25) is 0 Å². The molecule has 0 unspecified atom stereocenters. The molecule has 0 aliphatic heterocycles. The number of hydrogen-bond donors (Lipinski definition) is 0. The monoisotopic (exact) mass is 717 g/mol. The SMILES string of the molecule is c1ccc(-c2nc3c(ccc4c5ccc(N(c6ccc7oc8ccccc8c7c6)c6ccc7c8ccccc8n(-c8ccccc8)c7c6)cc5ccc43)o2)cc1. The van der Waals surface area contributed by atoms with Crippen LogP contribution in [0.5, 0.6) is 0 Å². The van der Waals surface area contributed by atoms with Crippen molar-refractivity contribution in [3.05, 3.63) is 188 Å². The van der Waals surface area contributed by atoms with E-state index in [0.29, 0.717) is 5.89 Å². The topological polar surface area (TPSA) is 47.3 Å². The standard InChI is InChI=1S/C51H31N3O2/c1-3-11-32(12-4-1)51-52-50-43-23-19-33-29-35(20-24-38(33)39(43)26-28-49(50)56-51)53(36-22-27-48-44(30-36)42-16-8-10-18-47(42)55-48)37-21-25-41-40-15-7-9-17-45(40)54(46(41)31-37)34-13-5-2-6-14-34/h1-31H. The first-order chi connectivity index (χ1) is 27.7. The summed E-state index contributed by atoms with van der Waals surface area (Å²) >= 11 is 0. The Morgan fingerprint density at radius 3 is 1.89 bits per heavy atom. The zero-order chi connectivity index (χ0) is 36.7. The van der Waals surface area contributed by atoms with E-state index >= 15 is 0 Å². The van der Waals surface area contributed by atoms with Crippen molar-refractivity contribution in [2.24, 2.45) is 0 Å². The number of furan rings is 1. The van der Waals surface area contributed by atoms with E-state index in [0.717, 1.165) is 88.4 Å². The highest BCUT2D eigenvalue weighted by Crippen LogP contribution is 2.43. The normalized spacial score (nSPS) is 11.9. The predicted octanol–water partition coefficient (Wildman–Crippen LogP) is 14.3. The maximum absolute atomic E-state index is 6.28. The van der Waals surface area contributed by atoms with Crippen LogP contribution in [0.1, 0.15) is 0 Å². The maximum atomic E-state index is 6.28. The molecule has 0 spiro atoms. The molecular formula is C51H31N3O2. The number of hydrogen-bond acceptors (Lipinski definition) is 4. The molecule has 262 valence electrons. The molecule has 0 radical (unpaired) electrons. The molecular weight excluding hydrogens is 687 g/mol. The third-order valence-electron chi connectivity index (χ3n) is 11.2. The number of anilines is 3. The maximum Gasteiger partial charge on any atom is 0.227 e. The molecule has 9 aromatic carbocycles. The number of oxazole rings is 1. The van der Waals surface area contributed by atoms with Crippen molar-refractivity contribution in [3.8, 4) is 17.1 Å². The minimum atomic E-state index is 0.629. The molecule has 56 heavy (non-hydrogen) atoms. The van der Waals surface area contributed by atoms with Gasteiger partial charge in [-0.1, -0.05) is 97.1 Å². The highest BCUT2D eigenvalue weighted by Gasteiger charge is 2.20. The van der Waals surface area contributed by atoms with Gasteiger partial charge in [0.15, 0.2) is 5.58 Å². The number of nitrogens with zero attached hydrogens (tertiary/aromatic N) is 3. The van der Waals surface area contributed by atoms with Crippen LogP contribution in [-0.2, 0) is 0 Å². The predicted molar refractivity (Wildman–Crippen MR) is 231 cm³/mol. The zero-order valence-corrected chi connectivity index (χ0v) is 30.1. The van der Waals surface area contributed by atoms with Gasteiger partial charge in [-0.05, 0) is 107 Å². The van der Waals surface area contributed by atoms with Gasteiger partial charge in [-0.25, -0.2) is 4.98 Å². The summed E-state index contributed by atoms with van der Waals surface area (Å²) in [7, 11) is 0. The van der Waals surface area contributed by atoms with Crippen LogP contribution in [0.4, 0.5) is 17.1 Å². The fourth-order valence-electron chi connectivity index (χ4n) is 8.62. The van der Waals surface area contributed by atoms with E-state index in [9.17, 15) is 0 Å². The van der Waals surface area contributed by atoms with Gasteiger partial charge in [0, 0.05) is 55.2 Å². The summed E-state index contributed by atoms with van der Waals surface area (Å²) in [5.74, 6) is 0.629. The van der Waals surface area contributed by atoms with Crippen LogP contribution in [0.25, 0.3) is 93.5 Å². The molecule has 5 nitrogen and oxygen atoms in total. The Hall–Kier alpha value is -7.63. The lowest BCUT2D eigenvalue weighted by Crippen LogP contribution is -2.10. The van der Waals surface area contributed by atoms with Gasteiger partial charge in [-0.3, -0.25) is 0 Å². The van der Waals surface area contributed by atoms with E-state index in [1.807, 2.05) is 48.5 Å². The Balaban J connectivity index is 1.07. The molecule has 0 amide bonds. The third-order valence-corrected chi connectivity index (χ3v) is 11.2. The van der Waals surface area contributed by atoms with Crippen LogP contribution in [0.3, 0.4) is 0 Å². The minimum Gasteiger partial charge on any atom is -0.456 e. The van der Waals surface area contributed by atoms with Crippen LogP contribution in [0, 0.1) is 0 Å². The van der Waals surface area contributed by atoms with E-state index in [-0.39, 0.29) is 0 Å². The second kappa shape index (κ2) is 11.9. The lowest BCUT2D eigenvalue weighted by molar-refractivity contribution is 0.620. The average molecular weight is 718 g/mol. The number of aromatic nitrogens is 2. The lowest BCUT2D eigenvalue weighted by Gasteiger charge is -2.26. The van der Waals surface area contributed by atoms with Crippen molar-refractivity contribution in [2.75, 3.05) is 4.90 Å². The molecule has 3 heterocycles. The Bertz CT molecular complexity index is 3490. The average Bonchev–Trinajstić information content (AvgIpc) is 3.96. The molecule has 12 rings (SSSR count). The lowest BCUT2D eigenvalue weighted by atomic mass is 10.00. The summed E-state index contributed by atoms with van der Waals surface area (Å²) in [6, 6.07) is 66.4.